The second-order valence-corrected chi connectivity index (χ2v) is 5.74. The number of amides is 1. The van der Waals surface area contributed by atoms with Gasteiger partial charge in [0.15, 0.2) is 5.79 Å². The third kappa shape index (κ3) is 5.40. The molecule has 9 heteroatoms. The van der Waals surface area contributed by atoms with E-state index in [0.29, 0.717) is 0 Å². The highest BCUT2D eigenvalue weighted by atomic mass is 16.6. The van der Waals surface area contributed by atoms with Crippen LogP contribution in [-0.4, -0.2) is 75.2 Å². The molecule has 6 atom stereocenters. The quantitative estimate of drug-likeness (QED) is 0.351. The van der Waals surface area contributed by atoms with Crippen molar-refractivity contribution in [3.63, 3.8) is 0 Å². The van der Waals surface area contributed by atoms with E-state index in [9.17, 15) is 30.0 Å². The molecule has 1 aliphatic rings. The number of rotatable bonds is 6. The molecule has 1 heterocycles. The van der Waals surface area contributed by atoms with Gasteiger partial charge in [-0.15, -0.1) is 0 Å². The van der Waals surface area contributed by atoms with Gasteiger partial charge >= 0.3 is 5.97 Å². The van der Waals surface area contributed by atoms with E-state index in [0.717, 1.165) is 6.92 Å². The van der Waals surface area contributed by atoms with E-state index in [1.54, 1.807) is 6.92 Å². The number of nitrogens with one attached hydrogen (secondary N) is 1. The normalized spacial score (nSPS) is 33.6. The van der Waals surface area contributed by atoms with Gasteiger partial charge in [-0.05, 0) is 6.42 Å². The zero-order valence-electron chi connectivity index (χ0n) is 13.4. The molecule has 0 aromatic rings. The summed E-state index contributed by atoms with van der Waals surface area (Å²) in [7, 11) is 0. The van der Waals surface area contributed by atoms with Gasteiger partial charge in [0, 0.05) is 20.3 Å². The second kappa shape index (κ2) is 8.02. The van der Waals surface area contributed by atoms with Crippen LogP contribution in [0, 0.1) is 0 Å². The van der Waals surface area contributed by atoms with Crippen LogP contribution in [-0.2, 0) is 19.1 Å². The number of aliphatic hydroxyl groups excluding tert-OH is 3. The van der Waals surface area contributed by atoms with Crippen molar-refractivity contribution in [2.45, 2.75) is 69.9 Å². The smallest absolute Gasteiger partial charge is 0.302 e. The summed E-state index contributed by atoms with van der Waals surface area (Å²) in [6.45, 7) is 3.52. The predicted octanol–water partition coefficient (Wildman–Crippen LogP) is -1.98. The molecular weight excluding hydrogens is 310 g/mol. The van der Waals surface area contributed by atoms with Crippen LogP contribution in [0.15, 0.2) is 0 Å². The minimum atomic E-state index is -1.69. The minimum Gasteiger partial charge on any atom is -0.463 e. The Kier molecular flexibility index (Phi) is 6.90. The number of esters is 1. The first-order valence-corrected chi connectivity index (χ1v) is 7.44. The molecule has 9 nitrogen and oxygen atoms in total. The summed E-state index contributed by atoms with van der Waals surface area (Å²) in [6, 6.07) is -1.03. The third-order valence-electron chi connectivity index (χ3n) is 3.76. The Labute approximate surface area is 134 Å². The number of aliphatic hydroxyl groups is 4. The largest absolute Gasteiger partial charge is 0.463 e. The Morgan fingerprint density at radius 3 is 2.48 bits per heavy atom. The van der Waals surface area contributed by atoms with Gasteiger partial charge in [0.25, 0.3) is 0 Å². The molecule has 0 saturated carbocycles. The third-order valence-corrected chi connectivity index (χ3v) is 3.76. The first-order chi connectivity index (χ1) is 10.6. The molecular formula is C14H25NO8. The van der Waals surface area contributed by atoms with Gasteiger partial charge in [-0.3, -0.25) is 9.59 Å². The van der Waals surface area contributed by atoms with Crippen molar-refractivity contribution in [2.75, 3.05) is 6.61 Å². The Bertz CT molecular complexity index is 431. The zero-order valence-corrected chi connectivity index (χ0v) is 13.4. The number of hydrogen-bond acceptors (Lipinski definition) is 8. The predicted molar refractivity (Wildman–Crippen MR) is 77.0 cm³/mol. The fraction of sp³-hybridized carbons (Fsp3) is 0.857. The maximum Gasteiger partial charge on any atom is 0.302 e. The van der Waals surface area contributed by atoms with Crippen molar-refractivity contribution >= 4 is 11.9 Å². The summed E-state index contributed by atoms with van der Waals surface area (Å²) in [5.41, 5.74) is 0. The first-order valence-electron chi connectivity index (χ1n) is 7.44. The molecule has 0 radical (unpaired) electrons. The summed E-state index contributed by atoms with van der Waals surface area (Å²) in [5, 5.41) is 43.0. The van der Waals surface area contributed by atoms with Crippen LogP contribution in [0.2, 0.25) is 0 Å². The molecule has 0 aromatic heterocycles. The van der Waals surface area contributed by atoms with Crippen LogP contribution in [0.5, 0.6) is 0 Å². The van der Waals surface area contributed by atoms with Crippen molar-refractivity contribution < 1.29 is 39.5 Å². The van der Waals surface area contributed by atoms with E-state index in [2.05, 4.69) is 10.1 Å². The molecule has 0 aliphatic carbocycles. The lowest BCUT2D eigenvalue weighted by atomic mass is 9.88. The summed E-state index contributed by atoms with van der Waals surface area (Å²) >= 11 is 0. The van der Waals surface area contributed by atoms with Crippen molar-refractivity contribution in [1.82, 2.24) is 5.32 Å². The summed E-state index contributed by atoms with van der Waals surface area (Å²) in [4.78, 5) is 22.1. The van der Waals surface area contributed by atoms with Crippen LogP contribution in [0.3, 0.4) is 0 Å². The molecule has 23 heavy (non-hydrogen) atoms. The van der Waals surface area contributed by atoms with Crippen LogP contribution >= 0.6 is 0 Å². The van der Waals surface area contributed by atoms with Crippen molar-refractivity contribution in [3.8, 4) is 0 Å². The van der Waals surface area contributed by atoms with Crippen LogP contribution in [0.1, 0.15) is 33.6 Å². The Morgan fingerprint density at radius 1 is 1.39 bits per heavy atom. The lowest BCUT2D eigenvalue weighted by molar-refractivity contribution is -0.302. The Morgan fingerprint density at radius 2 is 2.00 bits per heavy atom. The molecule has 0 bridgehead atoms. The summed E-state index contributed by atoms with van der Waals surface area (Å²) in [5.74, 6) is -2.79. The van der Waals surface area contributed by atoms with Crippen molar-refractivity contribution in [1.29, 1.82) is 0 Å². The fourth-order valence-electron chi connectivity index (χ4n) is 2.49. The van der Waals surface area contributed by atoms with E-state index in [1.165, 1.54) is 6.92 Å². The van der Waals surface area contributed by atoms with Crippen molar-refractivity contribution in [2.24, 2.45) is 0 Å². The maximum absolute atomic E-state index is 11.3. The van der Waals surface area contributed by atoms with Gasteiger partial charge in [0.05, 0.1) is 12.1 Å². The first kappa shape index (κ1) is 19.8. The average molecular weight is 335 g/mol. The maximum atomic E-state index is 11.3. The van der Waals surface area contributed by atoms with E-state index in [4.69, 9.17) is 4.74 Å². The standard InChI is InChI=1S/C14H25NO8/c1-4-14(21)5-9(18)11(15-7(2)16)13(23-14)12(20)10(19)6-22-8(3)17/h9-13,18-21H,4-6H2,1-3H3,(H,15,16)/t9-,10+,11+,12+,13+,14+/m0/s1. The highest BCUT2D eigenvalue weighted by Crippen LogP contribution is 2.32. The minimum absolute atomic E-state index is 0.139. The molecule has 1 rings (SSSR count). The van der Waals surface area contributed by atoms with Crippen LogP contribution in [0.25, 0.3) is 0 Å². The number of carbonyl (C=O) groups excluding carboxylic acids is 2. The van der Waals surface area contributed by atoms with Crippen LogP contribution < -0.4 is 5.32 Å². The van der Waals surface area contributed by atoms with Crippen molar-refractivity contribution in [3.05, 3.63) is 0 Å². The van der Waals surface area contributed by atoms with Crippen LogP contribution in [0.4, 0.5) is 0 Å². The highest BCUT2D eigenvalue weighted by Gasteiger charge is 2.49. The molecule has 0 unspecified atom stereocenters. The van der Waals surface area contributed by atoms with Gasteiger partial charge < -0.3 is 35.2 Å². The number of ether oxygens (including phenoxy) is 2. The highest BCUT2D eigenvalue weighted by molar-refractivity contribution is 5.73. The van der Waals surface area contributed by atoms with E-state index in [1.807, 2.05) is 0 Å². The molecule has 1 fully saturated rings. The molecule has 134 valence electrons. The summed E-state index contributed by atoms with van der Waals surface area (Å²) < 4.78 is 10.0. The fourth-order valence-corrected chi connectivity index (χ4v) is 2.49. The number of hydrogen-bond donors (Lipinski definition) is 5. The van der Waals surface area contributed by atoms with Gasteiger partial charge in [-0.25, -0.2) is 0 Å². The molecule has 1 amide bonds. The molecule has 1 saturated heterocycles. The molecule has 5 N–H and O–H groups in total. The van der Waals surface area contributed by atoms with Gasteiger partial charge in [-0.1, -0.05) is 6.92 Å². The topological polar surface area (TPSA) is 146 Å². The lowest BCUT2D eigenvalue weighted by Crippen LogP contribution is -2.65. The average Bonchev–Trinajstić information content (AvgIpc) is 2.46. The molecule has 1 aliphatic heterocycles. The van der Waals surface area contributed by atoms with E-state index >= 15 is 0 Å². The van der Waals surface area contributed by atoms with Gasteiger partial charge in [0.2, 0.25) is 5.91 Å². The van der Waals surface area contributed by atoms with Gasteiger partial charge in [-0.2, -0.15) is 0 Å². The second-order valence-electron chi connectivity index (χ2n) is 5.74. The molecule has 0 aromatic carbocycles. The molecule has 0 spiro atoms. The Hall–Kier alpha value is -1.26. The zero-order chi connectivity index (χ0) is 17.8. The Balaban J connectivity index is 2.92. The number of carbonyl (C=O) groups is 2. The monoisotopic (exact) mass is 335 g/mol. The van der Waals surface area contributed by atoms with E-state index < -0.39 is 54.7 Å². The van der Waals surface area contributed by atoms with Gasteiger partial charge in [0.1, 0.15) is 24.9 Å². The van der Waals surface area contributed by atoms with E-state index in [-0.39, 0.29) is 12.8 Å². The summed E-state index contributed by atoms with van der Waals surface area (Å²) in [6.07, 6.45) is -5.58. The lowest BCUT2D eigenvalue weighted by Gasteiger charge is -2.46. The SMILES string of the molecule is CC[C@]1(O)C[C@H](O)[C@@H](NC(C)=O)[C@H]([C@H](O)[C@H](O)COC(C)=O)O1.